The van der Waals surface area contributed by atoms with Gasteiger partial charge in [-0.3, -0.25) is 9.48 Å². The second-order valence-electron chi connectivity index (χ2n) is 8.04. The van der Waals surface area contributed by atoms with Crippen molar-refractivity contribution in [1.82, 2.24) is 20.0 Å². The van der Waals surface area contributed by atoms with Crippen LogP contribution in [-0.2, 0) is 30.4 Å². The first kappa shape index (κ1) is 20.2. The van der Waals surface area contributed by atoms with Crippen molar-refractivity contribution < 1.29 is 18.0 Å². The lowest BCUT2D eigenvalue weighted by molar-refractivity contribution is -0.142. The number of aromatic nitrogens is 2. The quantitative estimate of drug-likeness (QED) is 0.846. The monoisotopic (exact) mass is 386 g/mol. The Morgan fingerprint density at radius 2 is 2.00 bits per heavy atom. The zero-order chi connectivity index (χ0) is 19.6. The summed E-state index contributed by atoms with van der Waals surface area (Å²) in [6, 6.07) is 0.486. The van der Waals surface area contributed by atoms with Crippen molar-refractivity contribution in [3.63, 3.8) is 0 Å². The molecule has 2 aliphatic rings. The zero-order valence-corrected chi connectivity index (χ0v) is 16.1. The van der Waals surface area contributed by atoms with Crippen LogP contribution in [0, 0.1) is 5.92 Å². The molecule has 1 aliphatic carbocycles. The lowest BCUT2D eigenvalue weighted by atomic mass is 9.95. The molecule has 1 aliphatic heterocycles. The van der Waals surface area contributed by atoms with Gasteiger partial charge in [-0.2, -0.15) is 18.3 Å². The van der Waals surface area contributed by atoms with E-state index >= 15 is 0 Å². The Hall–Kier alpha value is -1.57. The van der Waals surface area contributed by atoms with Crippen LogP contribution in [0.15, 0.2) is 0 Å². The first-order valence-corrected chi connectivity index (χ1v) is 9.92. The summed E-state index contributed by atoms with van der Waals surface area (Å²) in [5.41, 5.74) is 0.0404. The van der Waals surface area contributed by atoms with E-state index in [4.69, 9.17) is 0 Å². The number of carbonyl (C=O) groups is 1. The fourth-order valence-corrected chi connectivity index (χ4v) is 4.21. The van der Waals surface area contributed by atoms with Gasteiger partial charge >= 0.3 is 6.18 Å². The standard InChI is InChI=1S/C19H29F3N4O/c1-13(2)25-9-5-6-14(11-25)10-23-17(27)12-26-16-8-4-3-7-15(16)18(24-26)19(20,21)22/h13-14H,3-12H2,1-2H3,(H,23,27)/t14-/m0/s1. The zero-order valence-electron chi connectivity index (χ0n) is 16.1. The lowest BCUT2D eigenvalue weighted by Crippen LogP contribution is -2.44. The number of halogens is 3. The lowest BCUT2D eigenvalue weighted by Gasteiger charge is -2.35. The Morgan fingerprint density at radius 3 is 2.70 bits per heavy atom. The number of piperidine rings is 1. The molecule has 2 heterocycles. The van der Waals surface area contributed by atoms with Gasteiger partial charge in [0.25, 0.3) is 0 Å². The summed E-state index contributed by atoms with van der Waals surface area (Å²) in [5.74, 6) is 0.128. The molecule has 1 fully saturated rings. The fraction of sp³-hybridized carbons (Fsp3) is 0.789. The maximum Gasteiger partial charge on any atom is 0.435 e. The van der Waals surface area contributed by atoms with Gasteiger partial charge in [0.1, 0.15) is 6.54 Å². The van der Waals surface area contributed by atoms with Crippen molar-refractivity contribution in [2.75, 3.05) is 19.6 Å². The van der Waals surface area contributed by atoms with Crippen LogP contribution in [0.5, 0.6) is 0 Å². The minimum Gasteiger partial charge on any atom is -0.354 e. The van der Waals surface area contributed by atoms with E-state index in [9.17, 15) is 18.0 Å². The molecule has 1 N–H and O–H groups in total. The summed E-state index contributed by atoms with van der Waals surface area (Å²) in [5, 5.41) is 6.66. The van der Waals surface area contributed by atoms with Crippen LogP contribution in [0.3, 0.4) is 0 Å². The predicted molar refractivity (Wildman–Crippen MR) is 96.3 cm³/mol. The number of carbonyl (C=O) groups excluding carboxylic acids is 1. The number of likely N-dealkylation sites (tertiary alicyclic amines) is 1. The maximum absolute atomic E-state index is 13.2. The molecule has 1 aromatic rings. The minimum absolute atomic E-state index is 0.140. The molecule has 0 unspecified atom stereocenters. The molecule has 1 amide bonds. The van der Waals surface area contributed by atoms with Crippen molar-refractivity contribution in [1.29, 1.82) is 0 Å². The number of nitrogens with zero attached hydrogens (tertiary/aromatic N) is 3. The molecule has 5 nitrogen and oxygen atoms in total. The molecule has 0 bridgehead atoms. The summed E-state index contributed by atoms with van der Waals surface area (Å²) in [6.07, 6.45) is 0.230. The molecule has 8 heteroatoms. The first-order chi connectivity index (χ1) is 12.8. The van der Waals surface area contributed by atoms with Crippen LogP contribution in [0.25, 0.3) is 0 Å². The van der Waals surface area contributed by atoms with Crippen molar-refractivity contribution >= 4 is 5.91 Å². The third-order valence-corrected chi connectivity index (χ3v) is 5.69. The Bertz CT molecular complexity index is 669. The van der Waals surface area contributed by atoms with Gasteiger partial charge in [-0.05, 0) is 64.8 Å². The maximum atomic E-state index is 13.2. The Labute approximate surface area is 158 Å². The van der Waals surface area contributed by atoms with Crippen LogP contribution >= 0.6 is 0 Å². The van der Waals surface area contributed by atoms with Gasteiger partial charge in [-0.25, -0.2) is 0 Å². The summed E-state index contributed by atoms with van der Waals surface area (Å²) >= 11 is 0. The van der Waals surface area contributed by atoms with E-state index in [0.29, 0.717) is 37.0 Å². The van der Waals surface area contributed by atoms with Crippen LogP contribution in [0.1, 0.15) is 56.5 Å². The second kappa shape index (κ2) is 8.20. The number of rotatable bonds is 5. The van der Waals surface area contributed by atoms with E-state index in [0.717, 1.165) is 38.8 Å². The van der Waals surface area contributed by atoms with E-state index in [-0.39, 0.29) is 18.0 Å². The highest BCUT2D eigenvalue weighted by molar-refractivity contribution is 5.75. The SMILES string of the molecule is CC(C)N1CCC[C@@H](CNC(=O)Cn2nc(C(F)(F)F)c3c2CCCC3)C1. The van der Waals surface area contributed by atoms with Gasteiger partial charge in [0.15, 0.2) is 5.69 Å². The molecule has 27 heavy (non-hydrogen) atoms. The number of amides is 1. The van der Waals surface area contributed by atoms with Gasteiger partial charge in [-0.1, -0.05) is 0 Å². The molecule has 0 saturated carbocycles. The summed E-state index contributed by atoms with van der Waals surface area (Å²) in [6.45, 7) is 6.80. The number of alkyl halides is 3. The third kappa shape index (κ3) is 4.83. The van der Waals surface area contributed by atoms with E-state index in [2.05, 4.69) is 29.2 Å². The average molecular weight is 386 g/mol. The predicted octanol–water partition coefficient (Wildman–Crippen LogP) is 3.02. The van der Waals surface area contributed by atoms with Crippen LogP contribution in [0.2, 0.25) is 0 Å². The topological polar surface area (TPSA) is 50.2 Å². The number of fused-ring (bicyclic) bond motifs is 1. The third-order valence-electron chi connectivity index (χ3n) is 5.69. The Morgan fingerprint density at radius 1 is 1.26 bits per heavy atom. The van der Waals surface area contributed by atoms with Gasteiger partial charge in [0.05, 0.1) is 0 Å². The van der Waals surface area contributed by atoms with E-state index < -0.39 is 11.9 Å². The van der Waals surface area contributed by atoms with Gasteiger partial charge in [0, 0.05) is 30.4 Å². The molecule has 1 atom stereocenters. The highest BCUT2D eigenvalue weighted by Gasteiger charge is 2.39. The van der Waals surface area contributed by atoms with Crippen molar-refractivity contribution in [2.24, 2.45) is 5.92 Å². The fourth-order valence-electron chi connectivity index (χ4n) is 4.21. The molecule has 0 spiro atoms. The number of hydrogen-bond donors (Lipinski definition) is 1. The highest BCUT2D eigenvalue weighted by atomic mass is 19.4. The summed E-state index contributed by atoms with van der Waals surface area (Å²) < 4.78 is 41.0. The van der Waals surface area contributed by atoms with E-state index in [1.165, 1.54) is 4.68 Å². The molecule has 1 saturated heterocycles. The molecule has 0 aromatic carbocycles. The van der Waals surface area contributed by atoms with Gasteiger partial charge in [0.2, 0.25) is 5.91 Å². The van der Waals surface area contributed by atoms with Crippen molar-refractivity contribution in [2.45, 2.75) is 71.1 Å². The van der Waals surface area contributed by atoms with Gasteiger partial charge in [-0.15, -0.1) is 0 Å². The smallest absolute Gasteiger partial charge is 0.354 e. The normalized spacial score (nSPS) is 21.3. The van der Waals surface area contributed by atoms with Gasteiger partial charge < -0.3 is 10.2 Å². The molecule has 3 rings (SSSR count). The van der Waals surface area contributed by atoms with Crippen LogP contribution < -0.4 is 5.32 Å². The summed E-state index contributed by atoms with van der Waals surface area (Å²) in [7, 11) is 0. The molecule has 152 valence electrons. The Balaban J connectivity index is 1.60. The number of hydrogen-bond acceptors (Lipinski definition) is 3. The molecular weight excluding hydrogens is 357 g/mol. The molecular formula is C19H29F3N4O. The van der Waals surface area contributed by atoms with E-state index in [1.807, 2.05) is 0 Å². The second-order valence-corrected chi connectivity index (χ2v) is 8.04. The van der Waals surface area contributed by atoms with Crippen molar-refractivity contribution in [3.8, 4) is 0 Å². The van der Waals surface area contributed by atoms with E-state index in [1.54, 1.807) is 0 Å². The minimum atomic E-state index is -4.47. The molecule has 0 radical (unpaired) electrons. The van der Waals surface area contributed by atoms with Crippen molar-refractivity contribution in [3.05, 3.63) is 17.0 Å². The Kier molecular flexibility index (Phi) is 6.13. The highest BCUT2D eigenvalue weighted by Crippen LogP contribution is 2.35. The average Bonchev–Trinajstić information content (AvgIpc) is 2.99. The molecule has 1 aromatic heterocycles. The van der Waals surface area contributed by atoms with Crippen LogP contribution in [0.4, 0.5) is 13.2 Å². The summed E-state index contributed by atoms with van der Waals surface area (Å²) in [4.78, 5) is 14.8. The first-order valence-electron chi connectivity index (χ1n) is 9.92. The van der Waals surface area contributed by atoms with Crippen LogP contribution in [-0.4, -0.2) is 46.3 Å². The number of nitrogens with one attached hydrogen (secondary N) is 1. The largest absolute Gasteiger partial charge is 0.435 e.